The Morgan fingerprint density at radius 2 is 1.14 bits per heavy atom. The van der Waals surface area contributed by atoms with Gasteiger partial charge in [-0.15, -0.1) is 11.8 Å². The average Bonchev–Trinajstić information content (AvgIpc) is 1.53. The van der Waals surface area contributed by atoms with Crippen LogP contribution >= 0.6 is 11.8 Å². The lowest BCUT2D eigenvalue weighted by Gasteiger charge is -2.36. The molecule has 3 aromatic heterocycles. The second-order valence-electron chi connectivity index (χ2n) is 34.8. The number of ketones is 1. The van der Waals surface area contributed by atoms with Gasteiger partial charge < -0.3 is 109 Å². The van der Waals surface area contributed by atoms with Crippen LogP contribution in [-0.4, -0.2) is 310 Å². The number of alkyl halides is 3. The number of aromatic hydroxyl groups is 1. The van der Waals surface area contributed by atoms with Crippen LogP contribution in [0.2, 0.25) is 0 Å². The molecule has 45 heteroatoms. The summed E-state index contributed by atoms with van der Waals surface area (Å²) in [5.74, 6) is -22.5. The largest absolute Gasteiger partial charge is 0.508 e. The standard InChI is InChI=1S/C91H119F3N20O21S/c1-8-10-25-70-84(129)101-48(3)77(122)109-69(80(125)99-41-73(95)118)45-136-46-75(120)102-66(34-50-27-29-54(116)30-28-50)86(131)110(5)49(4)78(123)103-62-24-17-33-96-74(119)32-31-63(104-82(127)65(105-79(124)59-21-16-20-58(59)76(62)121)37-53-42-113(47-100-53)90(135)91(92,93)94)88(133)114-43-55(117)38-72(114)85(130)106-64(35-51-39-97-60-22-14-12-18-56(51)60)81(126)108-68(44-115)83(128)107-67(36-52-40-98-61-23-15-13-19-57(52)61)87(132)112(7)71(26-11-9-2)89(134)111(70)6/h12-15,18-19,22-23,27-30,39-40,42,47-49,55,58-59,62-72,97-98,115-117H,8-11,16-17,20-21,24-26,31-38,41,43-46H2,1-7H3,(H2,95,118)(H,96,119)(H,99,125)(H,101,129)(H,102,120)(H,103,123)(H,104,127)(H,105,124)(H,106,130)(H,107,128)(H,108,126)(H,109,122)/t48-,49-,55+,58?,59+,62-,63+,64-,65-,66-,67-,68-,69-,70-,71-,72-/m0/s1. The summed E-state index contributed by atoms with van der Waals surface area (Å²) in [7, 11) is 3.88. The number of fused-ring (bicyclic) bond motifs is 12. The van der Waals surface area contributed by atoms with E-state index in [0.717, 1.165) is 31.4 Å². The van der Waals surface area contributed by atoms with Crippen LogP contribution in [0.25, 0.3) is 21.8 Å². The van der Waals surface area contributed by atoms with Gasteiger partial charge in [0.1, 0.15) is 84.6 Å². The molecule has 4 fully saturated rings. The van der Waals surface area contributed by atoms with Crippen LogP contribution < -0.4 is 64.2 Å². The molecule has 2 bridgehead atoms. The van der Waals surface area contributed by atoms with Crippen molar-refractivity contribution >= 4 is 140 Å². The number of imidazole rings is 1. The Hall–Kier alpha value is -13.3. The van der Waals surface area contributed by atoms with Crippen molar-refractivity contribution in [2.45, 2.75) is 234 Å². The number of aliphatic hydroxyl groups excluding tert-OH is 2. The summed E-state index contributed by atoms with van der Waals surface area (Å²) >= 11 is 0.767. The van der Waals surface area contributed by atoms with Crippen molar-refractivity contribution < 1.29 is 115 Å². The number of aliphatic hydroxyl groups is 2. The maximum Gasteiger partial charge on any atom is 0.472 e. The van der Waals surface area contributed by atoms with Gasteiger partial charge in [-0.2, -0.15) is 13.2 Å². The van der Waals surface area contributed by atoms with Crippen LogP contribution in [0.15, 0.2) is 97.7 Å². The minimum Gasteiger partial charge on any atom is -0.508 e. The number of carbonyl (C=O) groups is 18. The van der Waals surface area contributed by atoms with Gasteiger partial charge in [0, 0.05) is 131 Å². The Morgan fingerprint density at radius 3 is 1.78 bits per heavy atom. The second kappa shape index (κ2) is 48.2. The molecule has 6 heterocycles. The number of phenols is 1. The van der Waals surface area contributed by atoms with Crippen LogP contribution in [0.5, 0.6) is 5.75 Å². The summed E-state index contributed by atoms with van der Waals surface area (Å²) in [6.45, 7) is 3.50. The number of amides is 16. The van der Waals surface area contributed by atoms with Crippen LogP contribution in [0.1, 0.15) is 145 Å². The maximum absolute atomic E-state index is 15.7. The first-order valence-corrected chi connectivity index (χ1v) is 46.4. The summed E-state index contributed by atoms with van der Waals surface area (Å²) in [6, 6.07) is -1.86. The third kappa shape index (κ3) is 27.5. The lowest BCUT2D eigenvalue weighted by atomic mass is 9.86. The van der Waals surface area contributed by atoms with Crippen LogP contribution in [0.3, 0.4) is 0 Å². The number of unbranched alkanes of at least 4 members (excludes halogenated alkanes) is 2. The van der Waals surface area contributed by atoms with E-state index in [1.165, 1.54) is 65.5 Å². The number of aromatic nitrogens is 4. The van der Waals surface area contributed by atoms with Gasteiger partial charge in [0.15, 0.2) is 5.78 Å². The number of primary amides is 1. The molecule has 41 nitrogen and oxygen atoms in total. The third-order valence-corrected chi connectivity index (χ3v) is 26.0. The molecule has 136 heavy (non-hydrogen) atoms. The van der Waals surface area contributed by atoms with E-state index < -0.39 is 278 Å². The highest BCUT2D eigenvalue weighted by molar-refractivity contribution is 8.00. The Labute approximate surface area is 784 Å². The number of aromatic amines is 2. The number of phenolic OH excluding ortho intramolecular Hbond substituents is 1. The van der Waals surface area contributed by atoms with E-state index in [2.05, 4.69) is 73.4 Å². The first-order chi connectivity index (χ1) is 64.7. The number of hydrogen-bond acceptors (Lipinski definition) is 23. The highest BCUT2D eigenvalue weighted by Gasteiger charge is 2.48. The topological polar surface area (TPSA) is 589 Å². The number of carbonyl (C=O) groups excluding carboxylic acids is 18. The number of halogens is 3. The first kappa shape index (κ1) is 105. The molecule has 736 valence electrons. The molecule has 16 atom stereocenters. The Kier molecular flexibility index (Phi) is 37.1. The number of thioether (sulfide) groups is 1. The Morgan fingerprint density at radius 1 is 0.574 bits per heavy atom. The van der Waals surface area contributed by atoms with Crippen molar-refractivity contribution in [1.29, 1.82) is 0 Å². The van der Waals surface area contributed by atoms with E-state index in [-0.39, 0.29) is 74.6 Å². The summed E-state index contributed by atoms with van der Waals surface area (Å²) in [5.41, 5.74) is 7.46. The Balaban J connectivity index is 1.03. The predicted octanol–water partition coefficient (Wildman–Crippen LogP) is -0.733. The number of rotatable bonds is 18. The second-order valence-corrected chi connectivity index (χ2v) is 35.8. The van der Waals surface area contributed by atoms with Gasteiger partial charge in [-0.3, -0.25) is 90.9 Å². The molecule has 1 aliphatic carbocycles. The molecule has 3 aromatic carbocycles. The van der Waals surface area contributed by atoms with E-state index in [4.69, 9.17) is 5.73 Å². The molecule has 3 saturated heterocycles. The number of H-pyrrole nitrogens is 2. The van der Waals surface area contributed by atoms with Crippen molar-refractivity contribution in [1.82, 2.24) is 97.6 Å². The van der Waals surface area contributed by atoms with E-state index >= 15 is 43.2 Å². The smallest absolute Gasteiger partial charge is 0.472 e. The van der Waals surface area contributed by atoms with Gasteiger partial charge in [-0.1, -0.05) is 94.5 Å². The molecule has 1 unspecified atom stereocenters. The number of likely N-dealkylation sites (N-methyl/N-ethyl adjacent to an activating group) is 3. The van der Waals surface area contributed by atoms with Gasteiger partial charge >= 0.3 is 12.1 Å². The van der Waals surface area contributed by atoms with E-state index in [1.54, 1.807) is 54.7 Å². The fourth-order valence-electron chi connectivity index (χ4n) is 17.2. The highest BCUT2D eigenvalue weighted by atomic mass is 32.2. The normalized spacial score (nSPS) is 26.1. The average molecular weight is 1920 g/mol. The Bertz CT molecular complexity index is 5380. The minimum absolute atomic E-state index is 0.00175. The molecule has 18 N–H and O–H groups in total. The van der Waals surface area contributed by atoms with Crippen LogP contribution in [0.4, 0.5) is 13.2 Å². The van der Waals surface area contributed by atoms with Crippen molar-refractivity contribution in [2.75, 3.05) is 58.9 Å². The van der Waals surface area contributed by atoms with Crippen LogP contribution in [-0.2, 0) is 107 Å². The quantitative estimate of drug-likeness (QED) is 0.0504. The SMILES string of the molecule is CCCC[C@H]1C(=O)N(C)[C@@H](CCCC)C(=O)N[C@@H](C)C(=O)N[C@H](C(=O)NCC(N)=O)CSCC(=O)N[C@@H](Cc2ccc(O)cc2)C(=O)N(C)[C@@H](C)C(=O)N[C@H]2CCCNC(=O)CC[C@@H](NC(=O)[C@H](Cc3cn(C(=O)C(F)(F)F)cn3)NC(=O)[C@@H]3CCCC3C2=O)C(=O)N2C[C@H](O)C[C@H]2C(=O)N[C@@H](Cc2c[nH]c3ccccc23)C(=O)N[C@@H](CO)C(=O)N[C@@H](Cc2c[nH]c3ccccc23)C(=O)N1C. The monoisotopic (exact) mass is 1920 g/mol. The van der Waals surface area contributed by atoms with Gasteiger partial charge in [-0.25, -0.2) is 4.98 Å². The van der Waals surface area contributed by atoms with Crippen molar-refractivity contribution in [3.63, 3.8) is 0 Å². The van der Waals surface area contributed by atoms with Crippen molar-refractivity contribution in [3.05, 3.63) is 120 Å². The van der Waals surface area contributed by atoms with Crippen molar-refractivity contribution in [3.8, 4) is 5.75 Å². The minimum atomic E-state index is -5.44. The molecule has 10 rings (SSSR count). The number of para-hydroxylation sites is 2. The molecule has 0 radical (unpaired) electrons. The van der Waals surface area contributed by atoms with E-state index in [0.29, 0.717) is 76.7 Å². The fraction of sp³-hybridized carbons (Fsp3) is 0.527. The van der Waals surface area contributed by atoms with Gasteiger partial charge in [0.05, 0.1) is 36.7 Å². The number of nitrogens with one attached hydrogen (secondary N) is 13. The van der Waals surface area contributed by atoms with Gasteiger partial charge in [-0.05, 0) is 99.7 Å². The number of nitrogens with zero attached hydrogens (tertiary/aromatic N) is 6. The first-order valence-electron chi connectivity index (χ1n) is 45.3. The zero-order valence-electron chi connectivity index (χ0n) is 76.4. The number of Topliss-reactive ketones (excluding diaryl/α,β-unsaturated/α-hetero) is 1. The zero-order valence-corrected chi connectivity index (χ0v) is 77.3. The number of nitrogens with two attached hydrogens (primary N) is 1. The number of benzene rings is 3. The third-order valence-electron chi connectivity index (χ3n) is 25.0. The molecule has 4 aliphatic rings. The summed E-state index contributed by atoms with van der Waals surface area (Å²) < 4.78 is 41.8. The fourth-order valence-corrected chi connectivity index (χ4v) is 18.0. The van der Waals surface area contributed by atoms with Crippen LogP contribution in [0, 0.1) is 11.8 Å². The molecule has 3 aliphatic heterocycles. The zero-order chi connectivity index (χ0) is 99.1. The highest BCUT2D eigenvalue weighted by Crippen LogP contribution is 2.35. The molecule has 0 spiro atoms. The maximum atomic E-state index is 15.7. The van der Waals surface area contributed by atoms with Crippen molar-refractivity contribution in [2.24, 2.45) is 17.6 Å². The van der Waals surface area contributed by atoms with E-state index in [9.17, 15) is 71.6 Å². The molecule has 6 aromatic rings. The van der Waals surface area contributed by atoms with Gasteiger partial charge in [0.2, 0.25) is 94.5 Å². The lowest BCUT2D eigenvalue weighted by molar-refractivity contribution is -0.149. The summed E-state index contributed by atoms with van der Waals surface area (Å²) in [5, 5.41) is 62.7. The lowest BCUT2D eigenvalue weighted by Crippen LogP contribution is -2.61. The molecular formula is C91H119F3N20O21S. The van der Waals surface area contributed by atoms with E-state index in [1.807, 2.05) is 13.8 Å². The molecule has 1 saturated carbocycles. The molecule has 16 amide bonds. The number of hydrogen-bond donors (Lipinski definition) is 17. The summed E-state index contributed by atoms with van der Waals surface area (Å²) in [4.78, 5) is 278. The summed E-state index contributed by atoms with van der Waals surface area (Å²) in [6.07, 6.45) is -4.79. The predicted molar refractivity (Wildman–Crippen MR) is 486 cm³/mol. The molecular weight excluding hydrogens is 1800 g/mol. The van der Waals surface area contributed by atoms with Gasteiger partial charge in [0.25, 0.3) is 0 Å².